The van der Waals surface area contributed by atoms with Crippen LogP contribution in [-0.4, -0.2) is 49.6 Å². The molecule has 3 nitrogen and oxygen atoms in total. The molecule has 1 unspecified atom stereocenters. The Hall–Kier alpha value is -0.220. The Kier molecular flexibility index (Phi) is 5.33. The number of hydrogen-bond acceptors (Lipinski definition) is 4. The fourth-order valence-electron chi connectivity index (χ4n) is 1.83. The topological polar surface area (TPSA) is 29.5 Å². The van der Waals surface area contributed by atoms with Crippen molar-refractivity contribution >= 4 is 17.7 Å². The van der Waals surface area contributed by atoms with Gasteiger partial charge < -0.3 is 9.64 Å². The van der Waals surface area contributed by atoms with Gasteiger partial charge in [0.15, 0.2) is 0 Å². The first kappa shape index (κ1) is 11.9. The Morgan fingerprint density at radius 1 is 1.64 bits per heavy atom. The summed E-state index contributed by atoms with van der Waals surface area (Å²) in [5, 5.41) is 0. The van der Waals surface area contributed by atoms with Crippen molar-refractivity contribution < 1.29 is 9.53 Å². The lowest BCUT2D eigenvalue weighted by atomic mass is 10.1. The van der Waals surface area contributed by atoms with Crippen molar-refractivity contribution in [3.05, 3.63) is 0 Å². The standard InChI is InChI=1S/C10H19NO2S/c1-13-10(12)9-4-6-11(8-9)5-3-7-14-2/h9H,3-8H2,1-2H3. The van der Waals surface area contributed by atoms with Crippen LogP contribution in [0.5, 0.6) is 0 Å². The summed E-state index contributed by atoms with van der Waals surface area (Å²) < 4.78 is 4.74. The maximum atomic E-state index is 11.2. The van der Waals surface area contributed by atoms with Gasteiger partial charge in [0.1, 0.15) is 0 Å². The molecule has 0 spiro atoms. The average Bonchev–Trinajstić information content (AvgIpc) is 2.66. The molecule has 1 atom stereocenters. The van der Waals surface area contributed by atoms with Gasteiger partial charge in [0.05, 0.1) is 13.0 Å². The van der Waals surface area contributed by atoms with Crippen molar-refractivity contribution in [3.63, 3.8) is 0 Å². The van der Waals surface area contributed by atoms with Crippen LogP contribution >= 0.6 is 11.8 Å². The molecule has 0 saturated carbocycles. The Labute approximate surface area is 90.2 Å². The molecule has 1 saturated heterocycles. The number of carbonyl (C=O) groups excluding carboxylic acids is 1. The number of hydrogen-bond donors (Lipinski definition) is 0. The maximum absolute atomic E-state index is 11.2. The lowest BCUT2D eigenvalue weighted by Gasteiger charge is -2.14. The van der Waals surface area contributed by atoms with Crippen molar-refractivity contribution in [3.8, 4) is 0 Å². The summed E-state index contributed by atoms with van der Waals surface area (Å²) in [5.74, 6) is 1.28. The number of nitrogens with zero attached hydrogens (tertiary/aromatic N) is 1. The zero-order valence-electron chi connectivity index (χ0n) is 8.99. The molecule has 1 heterocycles. The van der Waals surface area contributed by atoms with Crippen molar-refractivity contribution in [2.45, 2.75) is 12.8 Å². The van der Waals surface area contributed by atoms with Gasteiger partial charge in [-0.1, -0.05) is 0 Å². The van der Waals surface area contributed by atoms with E-state index in [9.17, 15) is 4.79 Å². The first-order valence-corrected chi connectivity index (χ1v) is 6.46. The lowest BCUT2D eigenvalue weighted by molar-refractivity contribution is -0.144. The predicted octanol–water partition coefficient (Wildman–Crippen LogP) is 1.23. The molecule has 1 aliphatic rings. The van der Waals surface area contributed by atoms with Crippen LogP contribution in [-0.2, 0) is 9.53 Å². The van der Waals surface area contributed by atoms with Crippen LogP contribution in [0, 0.1) is 5.92 Å². The molecule has 1 fully saturated rings. The van der Waals surface area contributed by atoms with E-state index in [-0.39, 0.29) is 11.9 Å². The Morgan fingerprint density at radius 3 is 3.07 bits per heavy atom. The molecule has 4 heteroatoms. The van der Waals surface area contributed by atoms with Crippen LogP contribution in [0.25, 0.3) is 0 Å². The lowest BCUT2D eigenvalue weighted by Crippen LogP contribution is -2.25. The molecule has 0 N–H and O–H groups in total. The minimum absolute atomic E-state index is 0.0441. The molecule has 1 aliphatic heterocycles. The zero-order chi connectivity index (χ0) is 10.4. The molecule has 0 amide bonds. The van der Waals surface area contributed by atoms with Crippen LogP contribution in [0.4, 0.5) is 0 Å². The molecule has 14 heavy (non-hydrogen) atoms. The fourth-order valence-corrected chi connectivity index (χ4v) is 2.25. The van der Waals surface area contributed by atoms with Gasteiger partial charge in [0.2, 0.25) is 0 Å². The molecule has 0 aromatic rings. The van der Waals surface area contributed by atoms with Crippen LogP contribution in [0.3, 0.4) is 0 Å². The third-order valence-electron chi connectivity index (χ3n) is 2.63. The highest BCUT2D eigenvalue weighted by atomic mass is 32.2. The van der Waals surface area contributed by atoms with E-state index >= 15 is 0 Å². The molecule has 82 valence electrons. The summed E-state index contributed by atoms with van der Waals surface area (Å²) in [4.78, 5) is 13.6. The Morgan fingerprint density at radius 2 is 2.43 bits per heavy atom. The monoisotopic (exact) mass is 217 g/mol. The van der Waals surface area contributed by atoms with Gasteiger partial charge in [-0.25, -0.2) is 0 Å². The number of rotatable bonds is 5. The van der Waals surface area contributed by atoms with E-state index in [1.54, 1.807) is 0 Å². The van der Waals surface area contributed by atoms with E-state index < -0.39 is 0 Å². The second kappa shape index (κ2) is 6.30. The highest BCUT2D eigenvalue weighted by Crippen LogP contribution is 2.17. The van der Waals surface area contributed by atoms with Crippen molar-refractivity contribution in [2.24, 2.45) is 5.92 Å². The first-order valence-electron chi connectivity index (χ1n) is 5.07. The largest absolute Gasteiger partial charge is 0.469 e. The number of ether oxygens (including phenoxy) is 1. The quantitative estimate of drug-likeness (QED) is 0.512. The summed E-state index contributed by atoms with van der Waals surface area (Å²) in [7, 11) is 1.47. The molecule has 0 aromatic carbocycles. The smallest absolute Gasteiger partial charge is 0.310 e. The summed E-state index contributed by atoms with van der Waals surface area (Å²) in [6.07, 6.45) is 4.31. The summed E-state index contributed by atoms with van der Waals surface area (Å²) in [6, 6.07) is 0. The average molecular weight is 217 g/mol. The van der Waals surface area contributed by atoms with Crippen molar-refractivity contribution in [1.82, 2.24) is 4.90 Å². The SMILES string of the molecule is COC(=O)C1CCN(CCCSC)C1. The number of likely N-dealkylation sites (tertiary alicyclic amines) is 1. The van der Waals surface area contributed by atoms with Crippen molar-refractivity contribution in [2.75, 3.05) is 38.8 Å². The number of methoxy groups -OCH3 is 1. The molecular formula is C10H19NO2S. The number of thioether (sulfide) groups is 1. The summed E-state index contributed by atoms with van der Waals surface area (Å²) in [6.45, 7) is 3.06. The maximum Gasteiger partial charge on any atom is 0.310 e. The number of carbonyl (C=O) groups is 1. The van der Waals surface area contributed by atoms with E-state index in [2.05, 4.69) is 11.2 Å². The molecule has 0 aliphatic carbocycles. The third kappa shape index (κ3) is 3.50. The minimum atomic E-state index is -0.0441. The second-order valence-electron chi connectivity index (χ2n) is 3.66. The van der Waals surface area contributed by atoms with E-state index in [1.807, 2.05) is 11.8 Å². The molecule has 1 rings (SSSR count). The Bertz CT molecular complexity index is 187. The molecule has 0 radical (unpaired) electrons. The van der Waals surface area contributed by atoms with Crippen LogP contribution in [0.2, 0.25) is 0 Å². The molecule has 0 bridgehead atoms. The molecule has 0 aromatic heterocycles. The van der Waals surface area contributed by atoms with E-state index in [1.165, 1.54) is 19.3 Å². The summed E-state index contributed by atoms with van der Waals surface area (Å²) >= 11 is 1.88. The van der Waals surface area contributed by atoms with Gasteiger partial charge in [-0.15, -0.1) is 0 Å². The van der Waals surface area contributed by atoms with Gasteiger partial charge >= 0.3 is 5.97 Å². The molecular weight excluding hydrogens is 198 g/mol. The van der Waals surface area contributed by atoms with Gasteiger partial charge in [-0.2, -0.15) is 11.8 Å². The Balaban J connectivity index is 2.17. The number of esters is 1. The summed E-state index contributed by atoms with van der Waals surface area (Å²) in [5.41, 5.74) is 0. The van der Waals surface area contributed by atoms with Gasteiger partial charge in [-0.3, -0.25) is 4.79 Å². The van der Waals surface area contributed by atoms with Crippen LogP contribution in [0.1, 0.15) is 12.8 Å². The van der Waals surface area contributed by atoms with Gasteiger partial charge in [0.25, 0.3) is 0 Å². The highest BCUT2D eigenvalue weighted by Gasteiger charge is 2.28. The second-order valence-corrected chi connectivity index (χ2v) is 4.64. The minimum Gasteiger partial charge on any atom is -0.469 e. The highest BCUT2D eigenvalue weighted by molar-refractivity contribution is 7.98. The van der Waals surface area contributed by atoms with Gasteiger partial charge in [0, 0.05) is 6.54 Å². The van der Waals surface area contributed by atoms with Crippen LogP contribution < -0.4 is 0 Å². The van der Waals surface area contributed by atoms with E-state index in [4.69, 9.17) is 4.74 Å². The normalized spacial score (nSPS) is 22.6. The first-order chi connectivity index (χ1) is 6.77. The van der Waals surface area contributed by atoms with Gasteiger partial charge in [-0.05, 0) is 37.9 Å². The predicted molar refractivity (Wildman–Crippen MR) is 59.6 cm³/mol. The van der Waals surface area contributed by atoms with E-state index in [0.29, 0.717) is 0 Å². The van der Waals surface area contributed by atoms with E-state index in [0.717, 1.165) is 26.1 Å². The van der Waals surface area contributed by atoms with Crippen LogP contribution in [0.15, 0.2) is 0 Å². The fraction of sp³-hybridized carbons (Fsp3) is 0.900. The third-order valence-corrected chi connectivity index (χ3v) is 3.33. The van der Waals surface area contributed by atoms with Crippen molar-refractivity contribution in [1.29, 1.82) is 0 Å². The zero-order valence-corrected chi connectivity index (χ0v) is 9.81.